The Bertz CT molecular complexity index is 1150. The molecule has 1 aromatic rings. The van der Waals surface area contributed by atoms with Gasteiger partial charge in [-0.25, -0.2) is 6.57 Å². The number of ether oxygens (including phenoxy) is 1. The van der Waals surface area contributed by atoms with Crippen molar-refractivity contribution in [2.24, 2.45) is 21.7 Å². The molecular formula is C26H30N2O3. The first kappa shape index (κ1) is 19.7. The predicted molar refractivity (Wildman–Crippen MR) is 118 cm³/mol. The number of epoxide rings is 1. The maximum atomic E-state index is 13.1. The molecule has 0 radical (unpaired) electrons. The van der Waals surface area contributed by atoms with Gasteiger partial charge in [0.2, 0.25) is 0 Å². The van der Waals surface area contributed by atoms with Crippen LogP contribution in [0.2, 0.25) is 0 Å². The fourth-order valence-electron chi connectivity index (χ4n) is 8.18. The van der Waals surface area contributed by atoms with Crippen LogP contribution in [-0.2, 0) is 15.8 Å². The van der Waals surface area contributed by atoms with E-state index in [2.05, 4.69) is 31.3 Å². The summed E-state index contributed by atoms with van der Waals surface area (Å²) in [5.41, 5.74) is -3.73. The molecule has 3 fully saturated rings. The van der Waals surface area contributed by atoms with Crippen LogP contribution in [0, 0.1) is 23.3 Å². The van der Waals surface area contributed by atoms with Gasteiger partial charge in [-0.15, -0.1) is 6.58 Å². The molecule has 2 N–H and O–H groups in total. The number of hydrogen-bond donors (Lipinski definition) is 2. The maximum absolute atomic E-state index is 13.1. The van der Waals surface area contributed by atoms with Crippen molar-refractivity contribution in [3.8, 4) is 0 Å². The molecule has 7 atom stereocenters. The smallest absolute Gasteiger partial charge is 0.301 e. The third kappa shape index (κ3) is 1.59. The summed E-state index contributed by atoms with van der Waals surface area (Å²) in [6.45, 7) is 23.0. The van der Waals surface area contributed by atoms with E-state index in [4.69, 9.17) is 16.3 Å². The molecule has 5 nitrogen and oxygen atoms in total. The Labute approximate surface area is 183 Å². The van der Waals surface area contributed by atoms with Crippen molar-refractivity contribution in [2.75, 3.05) is 0 Å². The molecule has 31 heavy (non-hydrogen) atoms. The van der Waals surface area contributed by atoms with E-state index in [1.807, 2.05) is 39.0 Å². The molecule has 0 aromatic heterocycles. The standard InChI is InChI=1S/C26H30N2O3/c1-8-23(6)13-12-16-21(2,3)14-10-9-11-15-17(14)24(29)20(28-15)22(4,5)18-19(31-18)25(23,27-7)26(16,24)30/h8-11,16,18-19,29-30H,1,12-13H2,2-6H3. The van der Waals surface area contributed by atoms with E-state index in [1.165, 1.54) is 0 Å². The zero-order chi connectivity index (χ0) is 22.4. The van der Waals surface area contributed by atoms with Crippen LogP contribution >= 0.6 is 0 Å². The second-order valence-electron chi connectivity index (χ2n) is 11.6. The molecule has 5 heteroatoms. The van der Waals surface area contributed by atoms with E-state index in [1.54, 1.807) is 0 Å². The molecule has 3 aliphatic carbocycles. The molecule has 2 heterocycles. The number of hydrogen-bond acceptors (Lipinski definition) is 4. The Morgan fingerprint density at radius 2 is 1.87 bits per heavy atom. The first-order valence-corrected chi connectivity index (χ1v) is 11.3. The van der Waals surface area contributed by atoms with Gasteiger partial charge in [-0.05, 0) is 36.8 Å². The Morgan fingerprint density at radius 3 is 2.52 bits per heavy atom. The maximum Gasteiger partial charge on any atom is 0.301 e. The van der Waals surface area contributed by atoms with Crippen LogP contribution in [0.1, 0.15) is 58.6 Å². The van der Waals surface area contributed by atoms with Crippen LogP contribution in [0.3, 0.4) is 0 Å². The van der Waals surface area contributed by atoms with Gasteiger partial charge in [-0.3, -0.25) is 4.99 Å². The average molecular weight is 419 g/mol. The van der Waals surface area contributed by atoms with Crippen molar-refractivity contribution in [3.63, 3.8) is 0 Å². The van der Waals surface area contributed by atoms with Crippen molar-refractivity contribution in [1.82, 2.24) is 0 Å². The lowest BCUT2D eigenvalue weighted by molar-refractivity contribution is -0.244. The van der Waals surface area contributed by atoms with Gasteiger partial charge >= 0.3 is 5.54 Å². The third-order valence-corrected chi connectivity index (χ3v) is 9.86. The van der Waals surface area contributed by atoms with Crippen molar-refractivity contribution in [1.29, 1.82) is 0 Å². The highest BCUT2D eigenvalue weighted by molar-refractivity contribution is 6.07. The Kier molecular flexibility index (Phi) is 3.16. The minimum Gasteiger partial charge on any atom is -0.378 e. The number of aliphatic hydroxyl groups is 2. The van der Waals surface area contributed by atoms with Crippen molar-refractivity contribution >= 4 is 11.4 Å². The lowest BCUT2D eigenvalue weighted by Crippen LogP contribution is -2.81. The fraction of sp³-hybridized carbons (Fsp3) is 0.615. The van der Waals surface area contributed by atoms with Gasteiger partial charge in [0.25, 0.3) is 0 Å². The van der Waals surface area contributed by atoms with Gasteiger partial charge in [0.05, 0.1) is 16.8 Å². The first-order valence-electron chi connectivity index (χ1n) is 11.3. The molecule has 0 bridgehead atoms. The second-order valence-corrected chi connectivity index (χ2v) is 11.6. The normalized spacial score (nSPS) is 49.1. The van der Waals surface area contributed by atoms with E-state index in [-0.39, 0.29) is 12.0 Å². The van der Waals surface area contributed by atoms with Gasteiger partial charge in [0, 0.05) is 16.9 Å². The van der Waals surface area contributed by atoms with E-state index in [9.17, 15) is 10.2 Å². The number of nitrogens with zero attached hydrogens (tertiary/aromatic N) is 2. The van der Waals surface area contributed by atoms with Crippen molar-refractivity contribution in [3.05, 3.63) is 53.4 Å². The quantitative estimate of drug-likeness (QED) is 0.411. The van der Waals surface area contributed by atoms with Gasteiger partial charge in [-0.1, -0.05) is 45.9 Å². The van der Waals surface area contributed by atoms with Crippen LogP contribution in [-0.4, -0.2) is 39.3 Å². The Balaban J connectivity index is 1.84. The molecular weight excluding hydrogens is 388 g/mol. The topological polar surface area (TPSA) is 69.7 Å². The van der Waals surface area contributed by atoms with E-state index < -0.39 is 39.1 Å². The SMILES string of the molecule is [C-]#[N+]C12C3OC3C(C)(C)C3=Nc4cccc5c4C3(O)C1(O)C(CCC2(C)C=C)C5(C)C. The van der Waals surface area contributed by atoms with Gasteiger partial charge in [0.1, 0.15) is 6.10 Å². The molecule has 1 aromatic carbocycles. The van der Waals surface area contributed by atoms with E-state index >= 15 is 0 Å². The Hall–Kier alpha value is -2.00. The molecule has 162 valence electrons. The average Bonchev–Trinajstić information content (AvgIpc) is 3.46. The minimum absolute atomic E-state index is 0.294. The summed E-state index contributed by atoms with van der Waals surface area (Å²) in [6.07, 6.45) is 2.43. The van der Waals surface area contributed by atoms with Crippen LogP contribution in [0.15, 0.2) is 35.8 Å². The summed E-state index contributed by atoms with van der Waals surface area (Å²) in [6, 6.07) is 5.96. The fourth-order valence-corrected chi connectivity index (χ4v) is 8.18. The number of fused-ring (bicyclic) bond motifs is 2. The number of aliphatic imine (C=N–C) groups is 1. The lowest BCUT2D eigenvalue weighted by Gasteiger charge is -2.64. The Morgan fingerprint density at radius 1 is 1.16 bits per heavy atom. The van der Waals surface area contributed by atoms with Gasteiger partial charge < -0.3 is 19.8 Å². The van der Waals surface area contributed by atoms with E-state index in [0.29, 0.717) is 29.8 Å². The largest absolute Gasteiger partial charge is 0.378 e. The molecule has 2 aliphatic heterocycles. The molecule has 0 amide bonds. The zero-order valence-electron chi connectivity index (χ0n) is 18.9. The first-order chi connectivity index (χ1) is 14.4. The summed E-state index contributed by atoms with van der Waals surface area (Å²) in [7, 11) is 0. The molecule has 0 spiro atoms. The summed E-state index contributed by atoms with van der Waals surface area (Å²) in [5, 5.41) is 25.9. The highest BCUT2D eigenvalue weighted by Gasteiger charge is 2.92. The van der Waals surface area contributed by atoms with Gasteiger partial charge in [-0.2, -0.15) is 0 Å². The summed E-state index contributed by atoms with van der Waals surface area (Å²) in [4.78, 5) is 9.22. The van der Waals surface area contributed by atoms with Crippen molar-refractivity contribution < 1.29 is 14.9 Å². The van der Waals surface area contributed by atoms with Gasteiger partial charge in [0.15, 0.2) is 17.3 Å². The lowest BCUT2D eigenvalue weighted by atomic mass is 9.39. The molecule has 7 unspecified atom stereocenters. The third-order valence-electron chi connectivity index (χ3n) is 9.86. The van der Waals surface area contributed by atoms with E-state index in [0.717, 1.165) is 5.56 Å². The highest BCUT2D eigenvalue weighted by Crippen LogP contribution is 2.75. The van der Waals surface area contributed by atoms with Crippen LogP contribution in [0.4, 0.5) is 5.69 Å². The summed E-state index contributed by atoms with van der Waals surface area (Å²) < 4.78 is 6.28. The molecule has 5 aliphatic rings. The highest BCUT2D eigenvalue weighted by atomic mass is 16.6. The summed E-state index contributed by atoms with van der Waals surface area (Å²) in [5.74, 6) is -0.336. The number of benzene rings is 1. The van der Waals surface area contributed by atoms with Crippen LogP contribution in [0.25, 0.3) is 4.85 Å². The minimum atomic E-state index is -1.77. The second kappa shape index (κ2) is 4.98. The molecule has 6 rings (SSSR count). The van der Waals surface area contributed by atoms with Crippen LogP contribution in [0.5, 0.6) is 0 Å². The molecule has 1 saturated heterocycles. The zero-order valence-corrected chi connectivity index (χ0v) is 18.9. The van der Waals surface area contributed by atoms with Crippen LogP contribution < -0.4 is 0 Å². The number of rotatable bonds is 1. The molecule has 2 saturated carbocycles. The monoisotopic (exact) mass is 418 g/mol. The predicted octanol–water partition coefficient (Wildman–Crippen LogP) is 4.05. The summed E-state index contributed by atoms with van der Waals surface area (Å²) >= 11 is 0. The van der Waals surface area contributed by atoms with Crippen molar-refractivity contribution in [2.45, 2.75) is 81.8 Å².